The Morgan fingerprint density at radius 1 is 1.20 bits per heavy atom. The van der Waals surface area contributed by atoms with Crippen molar-refractivity contribution in [2.45, 2.75) is 58.6 Å². The summed E-state index contributed by atoms with van der Waals surface area (Å²) in [5.41, 5.74) is 5.98. The topological polar surface area (TPSA) is 52.3 Å². The van der Waals surface area contributed by atoms with E-state index in [9.17, 15) is 4.79 Å². The van der Waals surface area contributed by atoms with Crippen LogP contribution in [0.3, 0.4) is 0 Å². The Bertz CT molecular complexity index is 434. The third kappa shape index (κ3) is 5.33. The van der Waals surface area contributed by atoms with Crippen molar-refractivity contribution in [3.05, 3.63) is 35.9 Å². The van der Waals surface area contributed by atoms with Crippen molar-refractivity contribution < 1.29 is 9.53 Å². The molecule has 0 heterocycles. The van der Waals surface area contributed by atoms with Gasteiger partial charge in [0.15, 0.2) is 0 Å². The Morgan fingerprint density at radius 2 is 1.75 bits per heavy atom. The van der Waals surface area contributed by atoms with Gasteiger partial charge in [-0.3, -0.25) is 4.79 Å². The van der Waals surface area contributed by atoms with E-state index in [0.717, 1.165) is 5.56 Å². The molecule has 0 bridgehead atoms. The Balaban J connectivity index is 2.94. The van der Waals surface area contributed by atoms with Gasteiger partial charge in [0.05, 0.1) is 0 Å². The molecule has 0 amide bonds. The van der Waals surface area contributed by atoms with E-state index < -0.39 is 11.1 Å². The molecular formula is C17H27NO2. The minimum absolute atomic E-state index is 0.317. The third-order valence-corrected chi connectivity index (χ3v) is 2.94. The van der Waals surface area contributed by atoms with Gasteiger partial charge in [0.2, 0.25) is 0 Å². The fraction of sp³-hybridized carbons (Fsp3) is 0.588. The first-order valence-corrected chi connectivity index (χ1v) is 7.19. The summed E-state index contributed by atoms with van der Waals surface area (Å²) in [5.74, 6) is 0.0128. The van der Waals surface area contributed by atoms with Gasteiger partial charge >= 0.3 is 5.97 Å². The molecule has 0 saturated carbocycles. The Morgan fingerprint density at radius 3 is 2.20 bits per heavy atom. The summed E-state index contributed by atoms with van der Waals surface area (Å²) in [5, 5.41) is 0. The molecule has 3 nitrogen and oxygen atoms in total. The summed E-state index contributed by atoms with van der Waals surface area (Å²) in [4.78, 5) is 12.5. The van der Waals surface area contributed by atoms with E-state index in [4.69, 9.17) is 10.5 Å². The van der Waals surface area contributed by atoms with E-state index in [1.54, 1.807) is 0 Å². The maximum Gasteiger partial charge on any atom is 0.326 e. The smallest absolute Gasteiger partial charge is 0.326 e. The van der Waals surface area contributed by atoms with Crippen LogP contribution in [-0.2, 0) is 16.0 Å². The van der Waals surface area contributed by atoms with Crippen molar-refractivity contribution in [2.24, 2.45) is 11.7 Å². The van der Waals surface area contributed by atoms with Gasteiger partial charge in [0.1, 0.15) is 11.1 Å². The van der Waals surface area contributed by atoms with Crippen LogP contribution >= 0.6 is 0 Å². The highest BCUT2D eigenvalue weighted by atomic mass is 16.6. The highest BCUT2D eigenvalue weighted by Gasteiger charge is 2.38. The second-order valence-corrected chi connectivity index (χ2v) is 6.92. The Labute approximate surface area is 122 Å². The predicted molar refractivity (Wildman–Crippen MR) is 82.4 cm³/mol. The van der Waals surface area contributed by atoms with Crippen molar-refractivity contribution in [3.8, 4) is 0 Å². The van der Waals surface area contributed by atoms with E-state index >= 15 is 0 Å². The maximum absolute atomic E-state index is 12.5. The van der Waals surface area contributed by atoms with Crippen molar-refractivity contribution >= 4 is 5.97 Å². The number of carbonyl (C=O) groups is 1. The standard InChI is InChI=1S/C17H27NO2/c1-13(2)11-17(18,15(19)20-16(3,4)5)12-14-9-7-6-8-10-14/h6-10,13H,11-12,18H2,1-5H3. The van der Waals surface area contributed by atoms with Gasteiger partial charge in [-0.15, -0.1) is 0 Å². The van der Waals surface area contributed by atoms with Gasteiger partial charge in [0, 0.05) is 6.42 Å². The first kappa shape index (κ1) is 16.7. The lowest BCUT2D eigenvalue weighted by molar-refractivity contribution is -0.162. The molecule has 0 aliphatic heterocycles. The molecule has 3 heteroatoms. The number of nitrogens with two attached hydrogens (primary N) is 1. The molecule has 1 rings (SSSR count). The minimum atomic E-state index is -0.969. The van der Waals surface area contributed by atoms with E-state index in [0.29, 0.717) is 18.8 Å². The van der Waals surface area contributed by atoms with Crippen LogP contribution in [0.4, 0.5) is 0 Å². The summed E-state index contributed by atoms with van der Waals surface area (Å²) in [7, 11) is 0. The summed E-state index contributed by atoms with van der Waals surface area (Å²) in [6, 6.07) is 9.86. The summed E-state index contributed by atoms with van der Waals surface area (Å²) >= 11 is 0. The van der Waals surface area contributed by atoms with Crippen molar-refractivity contribution in [1.82, 2.24) is 0 Å². The van der Waals surface area contributed by atoms with Crippen molar-refractivity contribution in [1.29, 1.82) is 0 Å². The van der Waals surface area contributed by atoms with Crippen molar-refractivity contribution in [3.63, 3.8) is 0 Å². The Kier molecular flexibility index (Phi) is 5.35. The van der Waals surface area contributed by atoms with E-state index in [1.165, 1.54) is 0 Å². The predicted octanol–water partition coefficient (Wildman–Crippen LogP) is 3.31. The van der Waals surface area contributed by atoms with Gasteiger partial charge in [0.25, 0.3) is 0 Å². The molecule has 20 heavy (non-hydrogen) atoms. The zero-order chi connectivity index (χ0) is 15.4. The molecule has 2 N–H and O–H groups in total. The molecule has 1 aromatic carbocycles. The molecule has 1 unspecified atom stereocenters. The van der Waals surface area contributed by atoms with Gasteiger partial charge in [-0.05, 0) is 38.7 Å². The van der Waals surface area contributed by atoms with Crippen LogP contribution in [-0.4, -0.2) is 17.1 Å². The maximum atomic E-state index is 12.5. The summed E-state index contributed by atoms with van der Waals surface area (Å²) < 4.78 is 5.51. The molecular weight excluding hydrogens is 250 g/mol. The van der Waals surface area contributed by atoms with E-state index in [-0.39, 0.29) is 5.97 Å². The second-order valence-electron chi connectivity index (χ2n) is 6.92. The van der Waals surface area contributed by atoms with Gasteiger partial charge in [-0.1, -0.05) is 44.2 Å². The number of hydrogen-bond acceptors (Lipinski definition) is 3. The minimum Gasteiger partial charge on any atom is -0.459 e. The molecule has 0 aromatic heterocycles. The lowest BCUT2D eigenvalue weighted by Crippen LogP contribution is -2.53. The number of carbonyl (C=O) groups excluding carboxylic acids is 1. The summed E-state index contributed by atoms with van der Waals surface area (Å²) in [6.45, 7) is 9.73. The van der Waals surface area contributed by atoms with Crippen LogP contribution in [0.1, 0.15) is 46.6 Å². The number of ether oxygens (including phenoxy) is 1. The lowest BCUT2D eigenvalue weighted by Gasteiger charge is -2.32. The van der Waals surface area contributed by atoms with Crippen LogP contribution < -0.4 is 5.73 Å². The fourth-order valence-electron chi connectivity index (χ4n) is 2.30. The normalized spacial score (nSPS) is 14.9. The lowest BCUT2D eigenvalue weighted by atomic mass is 9.84. The highest BCUT2D eigenvalue weighted by molar-refractivity contribution is 5.81. The average molecular weight is 277 g/mol. The van der Waals surface area contributed by atoms with Gasteiger partial charge in [-0.25, -0.2) is 0 Å². The number of hydrogen-bond donors (Lipinski definition) is 1. The monoisotopic (exact) mass is 277 g/mol. The quantitative estimate of drug-likeness (QED) is 0.840. The first-order chi connectivity index (χ1) is 9.12. The Hall–Kier alpha value is -1.35. The summed E-state index contributed by atoms with van der Waals surface area (Å²) in [6.07, 6.45) is 1.11. The molecule has 0 spiro atoms. The molecule has 0 saturated heterocycles. The molecule has 0 fully saturated rings. The van der Waals surface area contributed by atoms with Crippen LogP contribution in [0.15, 0.2) is 30.3 Å². The fourth-order valence-corrected chi connectivity index (χ4v) is 2.30. The zero-order valence-corrected chi connectivity index (χ0v) is 13.3. The molecule has 1 aromatic rings. The van der Waals surface area contributed by atoms with Gasteiger partial charge < -0.3 is 10.5 Å². The van der Waals surface area contributed by atoms with Gasteiger partial charge in [-0.2, -0.15) is 0 Å². The van der Waals surface area contributed by atoms with Crippen LogP contribution in [0, 0.1) is 5.92 Å². The zero-order valence-electron chi connectivity index (χ0n) is 13.3. The van der Waals surface area contributed by atoms with Crippen LogP contribution in [0.25, 0.3) is 0 Å². The van der Waals surface area contributed by atoms with Crippen molar-refractivity contribution in [2.75, 3.05) is 0 Å². The SMILES string of the molecule is CC(C)CC(N)(Cc1ccccc1)C(=O)OC(C)(C)C. The highest BCUT2D eigenvalue weighted by Crippen LogP contribution is 2.23. The number of esters is 1. The van der Waals surface area contributed by atoms with E-state index in [2.05, 4.69) is 13.8 Å². The average Bonchev–Trinajstić information content (AvgIpc) is 2.26. The third-order valence-electron chi connectivity index (χ3n) is 2.94. The molecule has 0 aliphatic carbocycles. The molecule has 112 valence electrons. The molecule has 0 aliphatic rings. The van der Waals surface area contributed by atoms with E-state index in [1.807, 2.05) is 51.1 Å². The molecule has 0 radical (unpaired) electrons. The first-order valence-electron chi connectivity index (χ1n) is 7.19. The second kappa shape index (κ2) is 6.40. The largest absolute Gasteiger partial charge is 0.459 e. The van der Waals surface area contributed by atoms with Crippen LogP contribution in [0.5, 0.6) is 0 Å². The number of rotatable bonds is 5. The number of benzene rings is 1. The molecule has 1 atom stereocenters. The van der Waals surface area contributed by atoms with Crippen LogP contribution in [0.2, 0.25) is 0 Å².